The second-order valence-electron chi connectivity index (χ2n) is 7.49. The van der Waals surface area contributed by atoms with Gasteiger partial charge in [0.05, 0.1) is 11.2 Å². The highest BCUT2D eigenvalue weighted by atomic mass is 32.3. The molecule has 2 rings (SSSR count). The quantitative estimate of drug-likeness (QED) is 0.337. The Morgan fingerprint density at radius 3 is 1.33 bits per heavy atom. The number of unbranched alkanes of at least 4 members (excludes halogenated alkanes) is 2. The van der Waals surface area contributed by atoms with Crippen molar-refractivity contribution < 1.29 is 13.7 Å². The minimum Gasteiger partial charge on any atom is -0.612 e. The van der Waals surface area contributed by atoms with E-state index >= 15 is 0 Å². The lowest BCUT2D eigenvalue weighted by Gasteiger charge is -2.30. The molecule has 0 aliphatic rings. The van der Waals surface area contributed by atoms with Gasteiger partial charge in [-0.25, -0.2) is 0 Å². The van der Waals surface area contributed by atoms with E-state index in [1.165, 1.54) is 0 Å². The first-order valence-corrected chi connectivity index (χ1v) is 14.8. The van der Waals surface area contributed by atoms with Crippen molar-refractivity contribution in [2.45, 2.75) is 73.0 Å². The minimum atomic E-state index is -1.41. The Balaban J connectivity index is 2.16. The topological polar surface area (TPSA) is 69.2 Å². The number of hydrogen-bond acceptors (Lipinski definition) is 3. The van der Waals surface area contributed by atoms with Crippen LogP contribution in [0, 0.1) is 0 Å². The Morgan fingerprint density at radius 2 is 1.00 bits per heavy atom. The summed E-state index contributed by atoms with van der Waals surface area (Å²) in [5.41, 5.74) is 1.98. The Hall–Kier alpha value is -0.630. The SMILES string of the molecule is CCCCC([S+]([O-])Cc1ccccc1)[S+]([O-])C(CCCC)[S+]([O-])Cc1ccccc1. The molecule has 6 heteroatoms. The molecule has 0 spiro atoms. The third-order valence-electron chi connectivity index (χ3n) is 4.99. The number of rotatable bonds is 14. The van der Waals surface area contributed by atoms with Gasteiger partial charge in [-0.2, -0.15) is 0 Å². The standard InChI is InChI=1S/C24H34O3S3/c1-3-5-17-23(28(25)19-21-13-9-7-10-14-21)30(27)24(18-6-4-2)29(26)20-22-15-11-8-12-16-22/h7-16,23-24H,3-6,17-20H2,1-2H3. The molecule has 0 aliphatic carbocycles. The average Bonchev–Trinajstić information content (AvgIpc) is 2.75. The lowest BCUT2D eigenvalue weighted by molar-refractivity contribution is 0.547. The zero-order chi connectivity index (χ0) is 21.8. The smallest absolute Gasteiger partial charge is 0.266 e. The molecular weight excluding hydrogens is 432 g/mol. The molecule has 0 saturated heterocycles. The van der Waals surface area contributed by atoms with E-state index in [9.17, 15) is 13.7 Å². The van der Waals surface area contributed by atoms with E-state index in [0.29, 0.717) is 24.3 Å². The van der Waals surface area contributed by atoms with Gasteiger partial charge in [0, 0.05) is 46.3 Å². The van der Waals surface area contributed by atoms with Crippen molar-refractivity contribution in [1.82, 2.24) is 0 Å². The summed E-state index contributed by atoms with van der Waals surface area (Å²) in [6, 6.07) is 19.4. The summed E-state index contributed by atoms with van der Waals surface area (Å²) in [7, 11) is 0. The van der Waals surface area contributed by atoms with Crippen molar-refractivity contribution >= 4 is 33.5 Å². The highest BCUT2D eigenvalue weighted by Gasteiger charge is 2.44. The second-order valence-corrected chi connectivity index (χ2v) is 13.1. The molecule has 166 valence electrons. The molecule has 0 bridgehead atoms. The van der Waals surface area contributed by atoms with Crippen LogP contribution in [0.5, 0.6) is 0 Å². The van der Waals surface area contributed by atoms with Gasteiger partial charge in [-0.3, -0.25) is 0 Å². The first-order valence-electron chi connectivity index (χ1n) is 10.8. The molecule has 0 N–H and O–H groups in total. The van der Waals surface area contributed by atoms with Crippen LogP contribution in [-0.2, 0) is 45.0 Å². The Labute approximate surface area is 191 Å². The molecule has 0 aromatic heterocycles. The fourth-order valence-electron chi connectivity index (χ4n) is 3.28. The summed E-state index contributed by atoms with van der Waals surface area (Å²) in [6.07, 6.45) is 4.97. The molecular formula is C24H34O3S3. The van der Waals surface area contributed by atoms with E-state index in [0.717, 1.165) is 36.8 Å². The molecule has 0 radical (unpaired) electrons. The van der Waals surface area contributed by atoms with Gasteiger partial charge < -0.3 is 13.7 Å². The van der Waals surface area contributed by atoms with Crippen molar-refractivity contribution in [3.05, 3.63) is 71.8 Å². The lowest BCUT2D eigenvalue weighted by Crippen LogP contribution is -2.42. The summed E-state index contributed by atoms with van der Waals surface area (Å²) in [4.78, 5) is 0. The van der Waals surface area contributed by atoms with Gasteiger partial charge in [-0.05, 0) is 12.8 Å². The van der Waals surface area contributed by atoms with E-state index < -0.39 is 42.7 Å². The normalized spacial score (nSPS) is 16.6. The molecule has 2 aromatic carbocycles. The zero-order valence-electron chi connectivity index (χ0n) is 18.0. The monoisotopic (exact) mass is 466 g/mol. The first-order chi connectivity index (χ1) is 14.6. The zero-order valence-corrected chi connectivity index (χ0v) is 20.5. The molecule has 2 aromatic rings. The summed E-state index contributed by atoms with van der Waals surface area (Å²) >= 11 is -3.93. The third kappa shape index (κ3) is 8.48. The van der Waals surface area contributed by atoms with Crippen LogP contribution in [0.25, 0.3) is 0 Å². The van der Waals surface area contributed by atoms with Crippen LogP contribution in [0.3, 0.4) is 0 Å². The molecule has 0 saturated carbocycles. The Kier molecular flexibility index (Phi) is 12.3. The minimum absolute atomic E-state index is 0.396. The van der Waals surface area contributed by atoms with Gasteiger partial charge in [0.25, 0.3) is 9.16 Å². The average molecular weight is 467 g/mol. The molecule has 4 atom stereocenters. The van der Waals surface area contributed by atoms with Gasteiger partial charge in [-0.15, -0.1) is 0 Å². The Bertz CT molecular complexity index is 627. The van der Waals surface area contributed by atoms with E-state index in [2.05, 4.69) is 13.8 Å². The van der Waals surface area contributed by atoms with Gasteiger partial charge in [0.2, 0.25) is 0 Å². The fourth-order valence-corrected chi connectivity index (χ4v) is 9.81. The predicted molar refractivity (Wildman–Crippen MR) is 131 cm³/mol. The maximum atomic E-state index is 13.6. The van der Waals surface area contributed by atoms with E-state index in [4.69, 9.17) is 0 Å². The van der Waals surface area contributed by atoms with Crippen molar-refractivity contribution in [3.63, 3.8) is 0 Å². The largest absolute Gasteiger partial charge is 0.612 e. The molecule has 4 unspecified atom stereocenters. The van der Waals surface area contributed by atoms with E-state index in [-0.39, 0.29) is 0 Å². The van der Waals surface area contributed by atoms with E-state index in [1.54, 1.807) is 0 Å². The van der Waals surface area contributed by atoms with Crippen LogP contribution in [-0.4, -0.2) is 22.8 Å². The van der Waals surface area contributed by atoms with Crippen LogP contribution in [0.1, 0.15) is 63.5 Å². The highest BCUT2D eigenvalue weighted by Crippen LogP contribution is 2.30. The third-order valence-corrected chi connectivity index (χ3v) is 11.8. The summed E-state index contributed by atoms with van der Waals surface area (Å²) < 4.78 is 39.2. The number of hydrogen-bond donors (Lipinski definition) is 0. The molecule has 0 aliphatic heterocycles. The van der Waals surface area contributed by atoms with Crippen molar-refractivity contribution in [2.75, 3.05) is 0 Å². The van der Waals surface area contributed by atoms with Crippen molar-refractivity contribution in [1.29, 1.82) is 0 Å². The van der Waals surface area contributed by atoms with Gasteiger partial charge in [0.1, 0.15) is 11.5 Å². The summed E-state index contributed by atoms with van der Waals surface area (Å²) in [5.74, 6) is 0.791. The maximum absolute atomic E-state index is 13.6. The Morgan fingerprint density at radius 1 is 0.633 bits per heavy atom. The first kappa shape index (κ1) is 25.6. The maximum Gasteiger partial charge on any atom is 0.266 e. The summed E-state index contributed by atoms with van der Waals surface area (Å²) in [6.45, 7) is 4.17. The van der Waals surface area contributed by atoms with Gasteiger partial charge in [-0.1, -0.05) is 87.4 Å². The van der Waals surface area contributed by atoms with Crippen LogP contribution >= 0.6 is 0 Å². The van der Waals surface area contributed by atoms with Crippen molar-refractivity contribution in [2.24, 2.45) is 0 Å². The van der Waals surface area contributed by atoms with Gasteiger partial charge in [0.15, 0.2) is 0 Å². The second kappa shape index (κ2) is 14.4. The van der Waals surface area contributed by atoms with Gasteiger partial charge >= 0.3 is 0 Å². The van der Waals surface area contributed by atoms with Crippen LogP contribution in [0.2, 0.25) is 0 Å². The fraction of sp³-hybridized carbons (Fsp3) is 0.500. The number of benzene rings is 2. The predicted octanol–water partition coefficient (Wildman–Crippen LogP) is 5.67. The summed E-state index contributed by atoms with van der Waals surface area (Å²) in [5, 5.41) is 0. The van der Waals surface area contributed by atoms with Crippen LogP contribution in [0.4, 0.5) is 0 Å². The molecule has 3 nitrogen and oxygen atoms in total. The highest BCUT2D eigenvalue weighted by molar-refractivity contribution is 8.15. The van der Waals surface area contributed by atoms with Crippen LogP contribution in [0.15, 0.2) is 60.7 Å². The van der Waals surface area contributed by atoms with Crippen molar-refractivity contribution in [3.8, 4) is 0 Å². The molecule has 30 heavy (non-hydrogen) atoms. The van der Waals surface area contributed by atoms with E-state index in [1.807, 2.05) is 60.7 Å². The molecule has 0 heterocycles. The van der Waals surface area contributed by atoms with Crippen LogP contribution < -0.4 is 0 Å². The molecule has 0 amide bonds. The molecule has 0 fully saturated rings. The lowest BCUT2D eigenvalue weighted by atomic mass is 10.2.